The molecule has 0 saturated carbocycles. The van der Waals surface area contributed by atoms with Gasteiger partial charge in [-0.1, -0.05) is 65.4 Å². The number of allylic oxidation sites excluding steroid dienone is 1. The van der Waals surface area contributed by atoms with E-state index < -0.39 is 12.0 Å². The Morgan fingerprint density at radius 1 is 1.10 bits per heavy atom. The molecule has 1 aliphatic rings. The van der Waals surface area contributed by atoms with Crippen molar-refractivity contribution >= 4 is 35.0 Å². The second kappa shape index (κ2) is 11.9. The first-order valence-electron chi connectivity index (χ1n) is 12.7. The van der Waals surface area contributed by atoms with Crippen molar-refractivity contribution in [3.8, 4) is 11.5 Å². The lowest BCUT2D eigenvalue weighted by Gasteiger charge is -2.24. The van der Waals surface area contributed by atoms with E-state index in [1.54, 1.807) is 37.7 Å². The van der Waals surface area contributed by atoms with Crippen molar-refractivity contribution in [3.63, 3.8) is 0 Å². The molecule has 0 N–H and O–H groups in total. The quantitative estimate of drug-likeness (QED) is 0.276. The number of ether oxygens (including phenoxy) is 3. The maximum Gasteiger partial charge on any atom is 0.338 e. The molecule has 3 aromatic carbocycles. The average molecular weight is 575 g/mol. The highest BCUT2D eigenvalue weighted by molar-refractivity contribution is 7.07. The van der Waals surface area contributed by atoms with E-state index in [-0.39, 0.29) is 18.8 Å². The largest absolute Gasteiger partial charge is 0.496 e. The second-order valence-corrected chi connectivity index (χ2v) is 10.5. The molecule has 0 aliphatic carbocycles. The van der Waals surface area contributed by atoms with E-state index in [0.29, 0.717) is 37.1 Å². The Labute approximate surface area is 240 Å². The topological polar surface area (TPSA) is 79.1 Å². The third-order valence-electron chi connectivity index (χ3n) is 6.42. The first kappa shape index (κ1) is 27.4. The molecule has 0 amide bonds. The maximum atomic E-state index is 13.8. The predicted octanol–water partition coefficient (Wildman–Crippen LogP) is 5.04. The number of nitrogens with zero attached hydrogens (tertiary/aromatic N) is 2. The first-order chi connectivity index (χ1) is 19.4. The number of benzene rings is 3. The van der Waals surface area contributed by atoms with Crippen LogP contribution >= 0.6 is 22.9 Å². The van der Waals surface area contributed by atoms with E-state index in [0.717, 1.165) is 16.7 Å². The van der Waals surface area contributed by atoms with Gasteiger partial charge in [-0.25, -0.2) is 9.79 Å². The molecule has 1 aromatic heterocycles. The van der Waals surface area contributed by atoms with Crippen LogP contribution in [-0.2, 0) is 16.1 Å². The van der Waals surface area contributed by atoms with Crippen LogP contribution in [0.15, 0.2) is 93.9 Å². The Hall–Kier alpha value is -4.14. The number of hydrogen-bond donors (Lipinski definition) is 0. The zero-order chi connectivity index (χ0) is 28.2. The average Bonchev–Trinajstić information content (AvgIpc) is 3.25. The molecule has 40 heavy (non-hydrogen) atoms. The van der Waals surface area contributed by atoms with Crippen LogP contribution in [0.2, 0.25) is 5.02 Å². The van der Waals surface area contributed by atoms with E-state index in [1.807, 2.05) is 66.7 Å². The Morgan fingerprint density at radius 3 is 2.62 bits per heavy atom. The van der Waals surface area contributed by atoms with E-state index in [1.165, 1.54) is 11.3 Å². The number of methoxy groups -OCH3 is 1. The Morgan fingerprint density at radius 2 is 1.90 bits per heavy atom. The third-order valence-corrected chi connectivity index (χ3v) is 7.64. The summed E-state index contributed by atoms with van der Waals surface area (Å²) in [4.78, 5) is 32.0. The minimum absolute atomic E-state index is 0.225. The van der Waals surface area contributed by atoms with Gasteiger partial charge in [-0.05, 0) is 61.4 Å². The van der Waals surface area contributed by atoms with Crippen LogP contribution in [0, 0.1) is 0 Å². The summed E-state index contributed by atoms with van der Waals surface area (Å²) in [5, 5.41) is 0.587. The van der Waals surface area contributed by atoms with Crippen molar-refractivity contribution in [2.75, 3.05) is 13.7 Å². The number of carbonyl (C=O) groups is 1. The Balaban J connectivity index is 1.57. The Bertz CT molecular complexity index is 1780. The molecule has 0 fully saturated rings. The van der Waals surface area contributed by atoms with Gasteiger partial charge < -0.3 is 14.2 Å². The predicted molar refractivity (Wildman–Crippen MR) is 156 cm³/mol. The van der Waals surface area contributed by atoms with Gasteiger partial charge in [-0.15, -0.1) is 0 Å². The van der Waals surface area contributed by atoms with Gasteiger partial charge in [0, 0.05) is 10.6 Å². The summed E-state index contributed by atoms with van der Waals surface area (Å²) in [6.45, 7) is 4.00. The van der Waals surface area contributed by atoms with Crippen LogP contribution in [0.3, 0.4) is 0 Å². The van der Waals surface area contributed by atoms with Crippen LogP contribution in [0.1, 0.15) is 36.6 Å². The SMILES string of the molecule is CCOC(=O)C1=C(C)N=c2s/c(=C/c3ccc(OC)c(COc4cccc(Cl)c4)c3)c(=O)n2C1c1ccccc1. The molecule has 204 valence electrons. The van der Waals surface area contributed by atoms with Gasteiger partial charge in [0.1, 0.15) is 18.1 Å². The molecule has 0 spiro atoms. The van der Waals surface area contributed by atoms with Crippen LogP contribution in [0.4, 0.5) is 0 Å². The standard InChI is InChI=1S/C31H27ClN2O5S/c1-4-38-30(36)27-19(2)33-31-34(28(27)21-9-6-5-7-10-21)29(35)26(40-31)16-20-13-14-25(37-3)22(15-20)18-39-24-12-8-11-23(32)17-24/h5-17,28H,4,18H2,1-3H3/b26-16+. The zero-order valence-electron chi connectivity index (χ0n) is 22.2. The van der Waals surface area contributed by atoms with Crippen molar-refractivity contribution in [2.45, 2.75) is 26.5 Å². The van der Waals surface area contributed by atoms with Gasteiger partial charge in [-0.3, -0.25) is 9.36 Å². The fraction of sp³-hybridized carbons (Fsp3) is 0.194. The van der Waals surface area contributed by atoms with Crippen LogP contribution in [0.5, 0.6) is 11.5 Å². The summed E-state index contributed by atoms with van der Waals surface area (Å²) in [6, 6.07) is 21.6. The minimum atomic E-state index is -0.642. The highest BCUT2D eigenvalue weighted by Crippen LogP contribution is 2.30. The number of esters is 1. The monoisotopic (exact) mass is 574 g/mol. The summed E-state index contributed by atoms with van der Waals surface area (Å²) >= 11 is 7.36. The molecule has 2 heterocycles. The van der Waals surface area contributed by atoms with Gasteiger partial charge in [0.2, 0.25) is 0 Å². The smallest absolute Gasteiger partial charge is 0.338 e. The Kier molecular flexibility index (Phi) is 8.19. The molecule has 9 heteroatoms. The maximum absolute atomic E-state index is 13.8. The fourth-order valence-electron chi connectivity index (χ4n) is 4.61. The summed E-state index contributed by atoms with van der Waals surface area (Å²) in [7, 11) is 1.60. The molecule has 0 saturated heterocycles. The number of hydrogen-bond acceptors (Lipinski definition) is 7. The van der Waals surface area contributed by atoms with Crippen LogP contribution < -0.4 is 24.4 Å². The molecule has 1 aliphatic heterocycles. The van der Waals surface area contributed by atoms with E-state index in [4.69, 9.17) is 25.8 Å². The molecule has 1 unspecified atom stereocenters. The zero-order valence-corrected chi connectivity index (χ0v) is 23.8. The van der Waals surface area contributed by atoms with Crippen molar-refractivity contribution < 1.29 is 19.0 Å². The first-order valence-corrected chi connectivity index (χ1v) is 13.9. The van der Waals surface area contributed by atoms with Crippen LogP contribution in [0.25, 0.3) is 6.08 Å². The van der Waals surface area contributed by atoms with Crippen molar-refractivity contribution in [2.24, 2.45) is 4.99 Å². The molecular formula is C31H27ClN2O5S. The van der Waals surface area contributed by atoms with Gasteiger partial charge in [0.25, 0.3) is 5.56 Å². The van der Waals surface area contributed by atoms with Crippen molar-refractivity contribution in [1.82, 2.24) is 4.57 Å². The number of aromatic nitrogens is 1. The highest BCUT2D eigenvalue weighted by atomic mass is 35.5. The second-order valence-electron chi connectivity index (χ2n) is 9.03. The fourth-order valence-corrected chi connectivity index (χ4v) is 5.84. The van der Waals surface area contributed by atoms with E-state index >= 15 is 0 Å². The summed E-state index contributed by atoms with van der Waals surface area (Å²) < 4.78 is 18.9. The molecule has 0 bridgehead atoms. The molecule has 0 radical (unpaired) electrons. The lowest BCUT2D eigenvalue weighted by atomic mass is 9.96. The van der Waals surface area contributed by atoms with Gasteiger partial charge in [0.05, 0.1) is 35.6 Å². The van der Waals surface area contributed by atoms with Gasteiger partial charge in [0.15, 0.2) is 4.80 Å². The number of carbonyl (C=O) groups excluding carboxylic acids is 1. The summed E-state index contributed by atoms with van der Waals surface area (Å²) in [6.07, 6.45) is 1.82. The summed E-state index contributed by atoms with van der Waals surface area (Å²) in [5.74, 6) is 0.827. The van der Waals surface area contributed by atoms with Crippen molar-refractivity contribution in [3.05, 3.63) is 125 Å². The van der Waals surface area contributed by atoms with Crippen molar-refractivity contribution in [1.29, 1.82) is 0 Å². The molecule has 5 rings (SSSR count). The molecule has 1 atom stereocenters. The molecule has 4 aromatic rings. The lowest BCUT2D eigenvalue weighted by molar-refractivity contribution is -0.139. The number of halogens is 1. The number of fused-ring (bicyclic) bond motifs is 1. The minimum Gasteiger partial charge on any atom is -0.496 e. The van der Waals surface area contributed by atoms with Crippen LogP contribution in [-0.4, -0.2) is 24.3 Å². The number of rotatable bonds is 8. The lowest BCUT2D eigenvalue weighted by Crippen LogP contribution is -2.39. The molecule has 7 nitrogen and oxygen atoms in total. The number of thiazole rings is 1. The van der Waals surface area contributed by atoms with Gasteiger partial charge >= 0.3 is 5.97 Å². The normalized spacial score (nSPS) is 14.9. The van der Waals surface area contributed by atoms with Gasteiger partial charge in [-0.2, -0.15) is 0 Å². The van der Waals surface area contributed by atoms with E-state index in [2.05, 4.69) is 4.99 Å². The van der Waals surface area contributed by atoms with E-state index in [9.17, 15) is 9.59 Å². The highest BCUT2D eigenvalue weighted by Gasteiger charge is 2.33. The molecular weight excluding hydrogens is 548 g/mol. The summed E-state index contributed by atoms with van der Waals surface area (Å²) in [5.41, 5.74) is 3.07. The third kappa shape index (κ3) is 5.59.